The Labute approximate surface area is 145 Å². The molecule has 0 spiro atoms. The van der Waals surface area contributed by atoms with Crippen molar-refractivity contribution in [2.24, 2.45) is 0 Å². The number of rotatable bonds is 6. The average Bonchev–Trinajstić information content (AvgIpc) is 2.45. The molecule has 0 radical (unpaired) electrons. The third kappa shape index (κ3) is 4.61. The smallest absolute Gasteiger partial charge is 0.141 e. The van der Waals surface area contributed by atoms with E-state index in [0.717, 1.165) is 0 Å². The van der Waals surface area contributed by atoms with Crippen molar-refractivity contribution in [3.05, 3.63) is 47.5 Å². The van der Waals surface area contributed by atoms with Crippen molar-refractivity contribution >= 4 is 35.3 Å². The molecule has 0 atom stereocenters. The molecule has 124 valence electrons. The lowest BCUT2D eigenvalue weighted by molar-refractivity contribution is 0.525. The molecule has 0 aromatic heterocycles. The minimum Gasteiger partial charge on any atom is -0.206 e. The predicted molar refractivity (Wildman–Crippen MR) is 89.6 cm³/mol. The molecule has 7 heteroatoms. The summed E-state index contributed by atoms with van der Waals surface area (Å²) in [5.41, 5.74) is 0. The van der Waals surface area contributed by atoms with Gasteiger partial charge in [-0.1, -0.05) is 25.6 Å². The first-order valence-corrected chi connectivity index (χ1v) is 9.66. The van der Waals surface area contributed by atoms with E-state index in [9.17, 15) is 17.6 Å². The molecule has 0 N–H and O–H groups in total. The summed E-state index contributed by atoms with van der Waals surface area (Å²) in [4.78, 5) is 0.0864. The standard InChI is InChI=1S/C16H14F4S3/c1-3-21-9-5-11(17)15(12(18)6-9)23-16-13(19)7-10(22-4-2)8-14(16)20/h5-8H,3-4H2,1-2H3. The van der Waals surface area contributed by atoms with Crippen LogP contribution in [0.15, 0.2) is 43.8 Å². The van der Waals surface area contributed by atoms with Gasteiger partial charge < -0.3 is 0 Å². The summed E-state index contributed by atoms with van der Waals surface area (Å²) < 4.78 is 56.2. The fraction of sp³-hybridized carbons (Fsp3) is 0.250. The van der Waals surface area contributed by atoms with Crippen LogP contribution in [0, 0.1) is 23.3 Å². The van der Waals surface area contributed by atoms with Crippen molar-refractivity contribution in [3.8, 4) is 0 Å². The molecule has 0 nitrogen and oxygen atoms in total. The molecule has 0 amide bonds. The first kappa shape index (κ1) is 18.5. The summed E-state index contributed by atoms with van der Waals surface area (Å²) in [6.07, 6.45) is 0. The van der Waals surface area contributed by atoms with Crippen LogP contribution in [0.25, 0.3) is 0 Å². The van der Waals surface area contributed by atoms with Gasteiger partial charge in [0, 0.05) is 9.79 Å². The van der Waals surface area contributed by atoms with E-state index in [4.69, 9.17) is 0 Å². The van der Waals surface area contributed by atoms with Crippen LogP contribution in [-0.4, -0.2) is 11.5 Å². The van der Waals surface area contributed by atoms with E-state index < -0.39 is 33.1 Å². The molecule has 23 heavy (non-hydrogen) atoms. The summed E-state index contributed by atoms with van der Waals surface area (Å²) in [6, 6.07) is 4.71. The first-order chi connectivity index (χ1) is 11.0. The molecule has 0 saturated heterocycles. The van der Waals surface area contributed by atoms with Crippen LogP contribution in [0.2, 0.25) is 0 Å². The Morgan fingerprint density at radius 3 is 1.22 bits per heavy atom. The van der Waals surface area contributed by atoms with Gasteiger partial charge in [0.2, 0.25) is 0 Å². The predicted octanol–water partition coefficient (Wildman–Crippen LogP) is 6.62. The third-order valence-electron chi connectivity index (χ3n) is 2.77. The van der Waals surface area contributed by atoms with Gasteiger partial charge in [-0.25, -0.2) is 17.6 Å². The van der Waals surface area contributed by atoms with Gasteiger partial charge >= 0.3 is 0 Å². The Bertz CT molecular complexity index is 598. The molecule has 0 bridgehead atoms. The van der Waals surface area contributed by atoms with E-state index >= 15 is 0 Å². The monoisotopic (exact) mass is 378 g/mol. The van der Waals surface area contributed by atoms with E-state index in [1.807, 2.05) is 13.8 Å². The minimum absolute atomic E-state index is 0.404. The second-order valence-electron chi connectivity index (χ2n) is 4.40. The maximum absolute atomic E-state index is 14.1. The summed E-state index contributed by atoms with van der Waals surface area (Å²) in [7, 11) is 0. The van der Waals surface area contributed by atoms with E-state index in [1.54, 1.807) is 0 Å². The molecule has 0 fully saturated rings. The molecule has 0 aliphatic carbocycles. The van der Waals surface area contributed by atoms with E-state index in [2.05, 4.69) is 0 Å². The molecule has 0 aliphatic heterocycles. The summed E-state index contributed by atoms with van der Waals surface area (Å²) >= 11 is 3.01. The molecular weight excluding hydrogens is 364 g/mol. The van der Waals surface area contributed by atoms with E-state index in [0.29, 0.717) is 33.1 Å². The van der Waals surface area contributed by atoms with E-state index in [1.165, 1.54) is 47.8 Å². The highest BCUT2D eigenvalue weighted by Crippen LogP contribution is 2.38. The second-order valence-corrected chi connectivity index (χ2v) is 8.10. The van der Waals surface area contributed by atoms with Gasteiger partial charge in [-0.2, -0.15) is 0 Å². The van der Waals surface area contributed by atoms with Gasteiger partial charge in [-0.05, 0) is 35.8 Å². The Morgan fingerprint density at radius 1 is 0.652 bits per heavy atom. The SMILES string of the molecule is CCSc1cc(F)c(Sc2c(F)cc(SCC)cc2F)c(F)c1. The quantitative estimate of drug-likeness (QED) is 0.410. The van der Waals surface area contributed by atoms with E-state index in [-0.39, 0.29) is 0 Å². The highest BCUT2D eigenvalue weighted by Gasteiger charge is 2.19. The summed E-state index contributed by atoms with van der Waals surface area (Å²) in [5.74, 6) is -1.95. The van der Waals surface area contributed by atoms with Crippen LogP contribution in [0.1, 0.15) is 13.8 Å². The van der Waals surface area contributed by atoms with Crippen LogP contribution >= 0.6 is 35.3 Å². The molecular formula is C16H14F4S3. The lowest BCUT2D eigenvalue weighted by Crippen LogP contribution is -1.94. The molecule has 2 aromatic carbocycles. The first-order valence-electron chi connectivity index (χ1n) is 6.87. The number of thioether (sulfide) groups is 2. The van der Waals surface area contributed by atoms with Crippen LogP contribution in [0.3, 0.4) is 0 Å². The number of hydrogen-bond acceptors (Lipinski definition) is 3. The van der Waals surface area contributed by atoms with Crippen molar-refractivity contribution < 1.29 is 17.6 Å². The van der Waals surface area contributed by atoms with Crippen LogP contribution in [-0.2, 0) is 0 Å². The maximum Gasteiger partial charge on any atom is 0.141 e. The second kappa shape index (κ2) is 8.35. The Morgan fingerprint density at radius 2 is 0.957 bits per heavy atom. The molecule has 0 aliphatic rings. The van der Waals surface area contributed by atoms with Gasteiger partial charge in [-0.15, -0.1) is 23.5 Å². The largest absolute Gasteiger partial charge is 0.206 e. The fourth-order valence-electron chi connectivity index (χ4n) is 1.87. The van der Waals surface area contributed by atoms with Crippen molar-refractivity contribution in [1.29, 1.82) is 0 Å². The molecule has 0 unspecified atom stereocenters. The van der Waals surface area contributed by atoms with Gasteiger partial charge in [0.15, 0.2) is 0 Å². The van der Waals surface area contributed by atoms with Crippen molar-refractivity contribution in [2.45, 2.75) is 33.4 Å². The van der Waals surface area contributed by atoms with Crippen LogP contribution in [0.4, 0.5) is 17.6 Å². The topological polar surface area (TPSA) is 0 Å². The number of benzene rings is 2. The molecule has 2 aromatic rings. The summed E-state index contributed by atoms with van der Waals surface area (Å²) in [5, 5.41) is 0. The van der Waals surface area contributed by atoms with Gasteiger partial charge in [0.05, 0.1) is 9.79 Å². The average molecular weight is 378 g/mol. The normalized spacial score (nSPS) is 11.0. The van der Waals surface area contributed by atoms with Gasteiger partial charge in [0.1, 0.15) is 23.3 Å². The zero-order valence-corrected chi connectivity index (χ0v) is 14.9. The highest BCUT2D eigenvalue weighted by atomic mass is 32.2. The number of hydrogen-bond donors (Lipinski definition) is 0. The zero-order valence-electron chi connectivity index (χ0n) is 12.5. The van der Waals surface area contributed by atoms with Crippen LogP contribution in [0.5, 0.6) is 0 Å². The minimum atomic E-state index is -0.822. The van der Waals surface area contributed by atoms with Crippen molar-refractivity contribution in [3.63, 3.8) is 0 Å². The fourth-order valence-corrected chi connectivity index (χ4v) is 4.11. The van der Waals surface area contributed by atoms with Gasteiger partial charge in [-0.3, -0.25) is 0 Å². The molecule has 2 rings (SSSR count). The van der Waals surface area contributed by atoms with Crippen molar-refractivity contribution in [1.82, 2.24) is 0 Å². The summed E-state index contributed by atoms with van der Waals surface area (Å²) in [6.45, 7) is 3.73. The molecule has 0 heterocycles. The Hall–Kier alpha value is -0.790. The van der Waals surface area contributed by atoms with Gasteiger partial charge in [0.25, 0.3) is 0 Å². The lowest BCUT2D eigenvalue weighted by atomic mass is 10.3. The molecule has 0 saturated carbocycles. The van der Waals surface area contributed by atoms with Crippen molar-refractivity contribution in [2.75, 3.05) is 11.5 Å². The lowest BCUT2D eigenvalue weighted by Gasteiger charge is -2.10. The Kier molecular flexibility index (Phi) is 6.73. The maximum atomic E-state index is 14.1. The zero-order chi connectivity index (χ0) is 17.0. The Balaban J connectivity index is 2.36. The number of halogens is 4. The van der Waals surface area contributed by atoms with Crippen LogP contribution < -0.4 is 0 Å². The highest BCUT2D eigenvalue weighted by molar-refractivity contribution is 8.00. The third-order valence-corrected chi connectivity index (χ3v) is 5.67.